The first kappa shape index (κ1) is 8.20. The van der Waals surface area contributed by atoms with Gasteiger partial charge in [0, 0.05) is 29.6 Å². The van der Waals surface area contributed by atoms with E-state index in [1.807, 2.05) is 11.7 Å². The van der Waals surface area contributed by atoms with Crippen molar-refractivity contribution < 1.29 is 0 Å². The highest BCUT2D eigenvalue weighted by Crippen LogP contribution is 2.31. The van der Waals surface area contributed by atoms with Gasteiger partial charge >= 0.3 is 0 Å². The van der Waals surface area contributed by atoms with Gasteiger partial charge in [0.1, 0.15) is 0 Å². The van der Waals surface area contributed by atoms with Gasteiger partial charge in [0.2, 0.25) is 0 Å². The number of likely N-dealkylation sites (N-methyl/N-ethyl adjacent to an activating group) is 1. The van der Waals surface area contributed by atoms with Crippen LogP contribution in [0.1, 0.15) is 24.1 Å². The topological polar surface area (TPSA) is 16.1 Å². The number of thiazole rings is 1. The first-order chi connectivity index (χ1) is 5.77. The van der Waals surface area contributed by atoms with Crippen molar-refractivity contribution in [1.82, 2.24) is 9.88 Å². The van der Waals surface area contributed by atoms with Crippen molar-refractivity contribution in [2.45, 2.75) is 25.3 Å². The summed E-state index contributed by atoms with van der Waals surface area (Å²) in [4.78, 5) is 7.99. The van der Waals surface area contributed by atoms with Crippen LogP contribution in [0.3, 0.4) is 0 Å². The molecule has 1 aliphatic rings. The lowest BCUT2D eigenvalue weighted by molar-refractivity contribution is 0.329. The van der Waals surface area contributed by atoms with E-state index in [1.54, 1.807) is 11.3 Å². The summed E-state index contributed by atoms with van der Waals surface area (Å²) in [6, 6.07) is 0.733. The van der Waals surface area contributed by atoms with Gasteiger partial charge in [-0.05, 0) is 20.4 Å². The maximum atomic E-state index is 4.12. The second-order valence-corrected chi connectivity index (χ2v) is 4.54. The lowest BCUT2D eigenvalue weighted by Crippen LogP contribution is -2.21. The summed E-state index contributed by atoms with van der Waals surface area (Å²) in [6.07, 6.45) is 3.31. The van der Waals surface area contributed by atoms with E-state index in [1.165, 1.54) is 17.8 Å². The standard InChI is InChI=1S/C9H14N2S/c1-7-3-8(5-11(7)2)9-4-10-6-12-9/h4,6-8H,3,5H2,1-2H3/t7-,8+/m1/s1. The molecule has 0 N–H and O–H groups in total. The average molecular weight is 182 g/mol. The summed E-state index contributed by atoms with van der Waals surface area (Å²) >= 11 is 1.79. The number of rotatable bonds is 1. The minimum Gasteiger partial charge on any atom is -0.303 e. The smallest absolute Gasteiger partial charge is 0.0794 e. The SMILES string of the molecule is C[C@@H]1C[C@H](c2cncs2)CN1C. The van der Waals surface area contributed by atoms with E-state index >= 15 is 0 Å². The molecule has 0 bridgehead atoms. The molecule has 1 aromatic heterocycles. The van der Waals surface area contributed by atoms with Gasteiger partial charge < -0.3 is 4.90 Å². The Labute approximate surface area is 77.2 Å². The summed E-state index contributed by atoms with van der Waals surface area (Å²) in [5.41, 5.74) is 1.93. The molecule has 0 spiro atoms. The molecule has 0 aromatic carbocycles. The van der Waals surface area contributed by atoms with Crippen LogP contribution in [-0.2, 0) is 0 Å². The van der Waals surface area contributed by atoms with Crippen molar-refractivity contribution in [2.75, 3.05) is 13.6 Å². The fourth-order valence-corrected chi connectivity index (χ4v) is 2.56. The van der Waals surface area contributed by atoms with Gasteiger partial charge in [0.15, 0.2) is 0 Å². The Hall–Kier alpha value is -0.410. The third-order valence-corrected chi connectivity index (χ3v) is 3.68. The molecule has 2 nitrogen and oxygen atoms in total. The molecule has 0 aliphatic carbocycles. The maximum absolute atomic E-state index is 4.12. The summed E-state index contributed by atoms with van der Waals surface area (Å²) in [6.45, 7) is 3.49. The van der Waals surface area contributed by atoms with Gasteiger partial charge in [-0.2, -0.15) is 0 Å². The highest BCUT2D eigenvalue weighted by atomic mass is 32.1. The molecule has 1 saturated heterocycles. The Morgan fingerprint density at radius 2 is 2.50 bits per heavy atom. The van der Waals surface area contributed by atoms with E-state index in [0.29, 0.717) is 0 Å². The van der Waals surface area contributed by atoms with Crippen molar-refractivity contribution in [3.05, 3.63) is 16.6 Å². The summed E-state index contributed by atoms with van der Waals surface area (Å²) in [5.74, 6) is 0.734. The van der Waals surface area contributed by atoms with Gasteiger partial charge in [-0.25, -0.2) is 0 Å². The Kier molecular flexibility index (Phi) is 2.15. The molecule has 0 saturated carbocycles. The lowest BCUT2D eigenvalue weighted by Gasteiger charge is -2.12. The first-order valence-electron chi connectivity index (χ1n) is 4.36. The molecule has 66 valence electrons. The fourth-order valence-electron chi connectivity index (χ4n) is 1.83. The van der Waals surface area contributed by atoms with Crippen molar-refractivity contribution in [3.63, 3.8) is 0 Å². The van der Waals surface area contributed by atoms with E-state index in [9.17, 15) is 0 Å². The number of hydrogen-bond acceptors (Lipinski definition) is 3. The minimum absolute atomic E-state index is 0.733. The van der Waals surface area contributed by atoms with E-state index < -0.39 is 0 Å². The van der Waals surface area contributed by atoms with Gasteiger partial charge in [0.25, 0.3) is 0 Å². The second kappa shape index (κ2) is 3.15. The molecular formula is C9H14N2S. The molecule has 1 fully saturated rings. The molecule has 3 heteroatoms. The monoisotopic (exact) mass is 182 g/mol. The van der Waals surface area contributed by atoms with Crippen LogP contribution >= 0.6 is 11.3 Å². The molecule has 0 radical (unpaired) electrons. The van der Waals surface area contributed by atoms with Crippen molar-refractivity contribution in [2.24, 2.45) is 0 Å². The third-order valence-electron chi connectivity index (χ3n) is 2.74. The number of hydrogen-bond donors (Lipinski definition) is 0. The fraction of sp³-hybridized carbons (Fsp3) is 0.667. The van der Waals surface area contributed by atoms with Crippen LogP contribution in [0.2, 0.25) is 0 Å². The summed E-state index contributed by atoms with van der Waals surface area (Å²) < 4.78 is 0. The third kappa shape index (κ3) is 1.39. The van der Waals surface area contributed by atoms with Crippen LogP contribution in [0.15, 0.2) is 11.7 Å². The quantitative estimate of drug-likeness (QED) is 0.660. The van der Waals surface area contributed by atoms with Crippen molar-refractivity contribution >= 4 is 11.3 Å². The van der Waals surface area contributed by atoms with Crippen LogP contribution in [0.5, 0.6) is 0 Å². The van der Waals surface area contributed by atoms with E-state index in [-0.39, 0.29) is 0 Å². The predicted octanol–water partition coefficient (Wildman–Crippen LogP) is 1.95. The molecule has 1 aliphatic heterocycles. The number of aromatic nitrogens is 1. The summed E-state index contributed by atoms with van der Waals surface area (Å²) in [5, 5.41) is 0. The largest absolute Gasteiger partial charge is 0.303 e. The molecule has 1 aromatic rings. The Morgan fingerprint density at radius 3 is 3.00 bits per heavy atom. The zero-order valence-electron chi connectivity index (χ0n) is 7.53. The molecule has 2 heterocycles. The molecule has 2 atom stereocenters. The normalized spacial score (nSPS) is 31.2. The van der Waals surface area contributed by atoms with Gasteiger partial charge in [-0.3, -0.25) is 4.98 Å². The number of nitrogens with zero attached hydrogens (tertiary/aromatic N) is 2. The Bertz CT molecular complexity index is 235. The van der Waals surface area contributed by atoms with Crippen molar-refractivity contribution in [3.8, 4) is 0 Å². The average Bonchev–Trinajstić information content (AvgIpc) is 2.61. The molecule has 0 amide bonds. The molecule has 2 rings (SSSR count). The zero-order valence-corrected chi connectivity index (χ0v) is 8.34. The maximum Gasteiger partial charge on any atom is 0.0794 e. The number of likely N-dealkylation sites (tertiary alicyclic amines) is 1. The second-order valence-electron chi connectivity index (χ2n) is 3.63. The van der Waals surface area contributed by atoms with Crippen LogP contribution < -0.4 is 0 Å². The highest BCUT2D eigenvalue weighted by molar-refractivity contribution is 7.09. The molecule has 12 heavy (non-hydrogen) atoms. The summed E-state index contributed by atoms with van der Waals surface area (Å²) in [7, 11) is 2.20. The predicted molar refractivity (Wildman–Crippen MR) is 51.6 cm³/mol. The lowest BCUT2D eigenvalue weighted by atomic mass is 10.1. The van der Waals surface area contributed by atoms with Gasteiger partial charge in [-0.1, -0.05) is 0 Å². The first-order valence-corrected chi connectivity index (χ1v) is 5.24. The Morgan fingerprint density at radius 1 is 1.67 bits per heavy atom. The molecule has 0 unspecified atom stereocenters. The zero-order chi connectivity index (χ0) is 8.55. The Balaban J connectivity index is 2.09. The molecular weight excluding hydrogens is 168 g/mol. The van der Waals surface area contributed by atoms with E-state index in [4.69, 9.17) is 0 Å². The van der Waals surface area contributed by atoms with Crippen LogP contribution in [-0.4, -0.2) is 29.5 Å². The van der Waals surface area contributed by atoms with Gasteiger partial charge in [-0.15, -0.1) is 11.3 Å². The van der Waals surface area contributed by atoms with Crippen LogP contribution in [0, 0.1) is 0 Å². The van der Waals surface area contributed by atoms with E-state index in [0.717, 1.165) is 12.0 Å². The highest BCUT2D eigenvalue weighted by Gasteiger charge is 2.27. The van der Waals surface area contributed by atoms with E-state index in [2.05, 4.69) is 23.9 Å². The van der Waals surface area contributed by atoms with Gasteiger partial charge in [0.05, 0.1) is 5.51 Å². The van der Waals surface area contributed by atoms with Crippen LogP contribution in [0.4, 0.5) is 0 Å². The van der Waals surface area contributed by atoms with Crippen molar-refractivity contribution in [1.29, 1.82) is 0 Å². The minimum atomic E-state index is 0.733. The van der Waals surface area contributed by atoms with Crippen LogP contribution in [0.25, 0.3) is 0 Å².